The number of hydrogen-bond donors (Lipinski definition) is 0. The molecule has 2 unspecified atom stereocenters. The second-order valence-electron chi connectivity index (χ2n) is 8.20. The van der Waals surface area contributed by atoms with Crippen molar-refractivity contribution in [3.63, 3.8) is 0 Å². The van der Waals surface area contributed by atoms with Crippen LogP contribution in [0.25, 0.3) is 6.20 Å². The standard InChI is InChI=1S/C26H26ClF2N3O3S/c1-6-10-30-25(19-8-7-9-22(24(19)29)36(5)34)21(28)13-32-16(3)12-20(23(27)26(32)33)15(2)11-18-14-35-17(4)31-18/h6-10,12-15H,11H2,1-5H3/b10-6+,21-13-,30-25+. The number of allylic oxidation sites excluding steroid dienone is 2. The van der Waals surface area contributed by atoms with Gasteiger partial charge in [0, 0.05) is 30.6 Å². The van der Waals surface area contributed by atoms with Crippen LogP contribution in [-0.4, -0.2) is 25.7 Å². The molecule has 190 valence electrons. The maximum Gasteiger partial charge on any atom is 0.273 e. The normalized spacial score (nSPS) is 14.4. The lowest BCUT2D eigenvalue weighted by Crippen LogP contribution is -2.22. The van der Waals surface area contributed by atoms with E-state index in [0.717, 1.165) is 16.5 Å². The van der Waals surface area contributed by atoms with Gasteiger partial charge in [-0.25, -0.2) is 13.8 Å². The third-order valence-electron chi connectivity index (χ3n) is 5.47. The second-order valence-corrected chi connectivity index (χ2v) is 9.93. The van der Waals surface area contributed by atoms with Gasteiger partial charge in [-0.15, -0.1) is 0 Å². The zero-order valence-electron chi connectivity index (χ0n) is 20.5. The average molecular weight is 534 g/mol. The lowest BCUT2D eigenvalue weighted by Gasteiger charge is -2.16. The molecule has 0 spiro atoms. The minimum atomic E-state index is -1.63. The molecule has 36 heavy (non-hydrogen) atoms. The molecule has 10 heteroatoms. The number of nitrogens with zero attached hydrogens (tertiary/aromatic N) is 3. The first-order chi connectivity index (χ1) is 17.0. The van der Waals surface area contributed by atoms with Crippen LogP contribution in [0.3, 0.4) is 0 Å². The van der Waals surface area contributed by atoms with Gasteiger partial charge in [-0.1, -0.05) is 30.7 Å². The Balaban J connectivity index is 2.07. The van der Waals surface area contributed by atoms with Gasteiger partial charge in [0.05, 0.1) is 27.6 Å². The van der Waals surface area contributed by atoms with Crippen molar-refractivity contribution in [3.8, 4) is 0 Å². The van der Waals surface area contributed by atoms with Crippen LogP contribution in [0.15, 0.2) is 67.7 Å². The zero-order valence-corrected chi connectivity index (χ0v) is 22.1. The number of hydrogen-bond acceptors (Lipinski definition) is 5. The minimum Gasteiger partial charge on any atom is -0.449 e. The van der Waals surface area contributed by atoms with Crippen molar-refractivity contribution in [2.45, 2.75) is 44.9 Å². The van der Waals surface area contributed by atoms with Crippen molar-refractivity contribution in [1.82, 2.24) is 9.55 Å². The predicted molar refractivity (Wildman–Crippen MR) is 139 cm³/mol. The molecule has 0 aliphatic heterocycles. The predicted octanol–water partition coefficient (Wildman–Crippen LogP) is 6.12. The van der Waals surface area contributed by atoms with Gasteiger partial charge in [-0.2, -0.15) is 0 Å². The van der Waals surface area contributed by atoms with E-state index < -0.39 is 28.0 Å². The monoisotopic (exact) mass is 533 g/mol. The molecule has 0 amide bonds. The molecule has 0 bridgehead atoms. The fourth-order valence-electron chi connectivity index (χ4n) is 3.69. The van der Waals surface area contributed by atoms with Gasteiger partial charge in [-0.3, -0.25) is 18.6 Å². The van der Waals surface area contributed by atoms with Crippen LogP contribution < -0.4 is 5.56 Å². The number of aliphatic imine (C=N–C) groups is 1. The third-order valence-corrected chi connectivity index (χ3v) is 6.78. The molecule has 0 saturated carbocycles. The summed E-state index contributed by atoms with van der Waals surface area (Å²) in [4.78, 5) is 21.3. The smallest absolute Gasteiger partial charge is 0.273 e. The highest BCUT2D eigenvalue weighted by atomic mass is 35.5. The lowest BCUT2D eigenvalue weighted by atomic mass is 9.96. The Kier molecular flexibility index (Phi) is 8.92. The molecule has 0 aliphatic carbocycles. The maximum atomic E-state index is 15.5. The van der Waals surface area contributed by atoms with Gasteiger partial charge >= 0.3 is 0 Å². The van der Waals surface area contributed by atoms with Gasteiger partial charge in [0.15, 0.2) is 11.7 Å². The summed E-state index contributed by atoms with van der Waals surface area (Å²) in [5.74, 6) is -1.43. The second kappa shape index (κ2) is 11.7. The van der Waals surface area contributed by atoms with E-state index in [0.29, 0.717) is 23.6 Å². The van der Waals surface area contributed by atoms with Gasteiger partial charge in [0.2, 0.25) is 0 Å². The molecule has 0 aliphatic rings. The van der Waals surface area contributed by atoms with E-state index in [1.165, 1.54) is 30.7 Å². The molecule has 0 saturated heterocycles. The Labute approximate surface area is 215 Å². The number of benzene rings is 1. The Morgan fingerprint density at radius 2 is 2.08 bits per heavy atom. The van der Waals surface area contributed by atoms with Crippen LogP contribution in [0, 0.1) is 19.7 Å². The third kappa shape index (κ3) is 5.96. The Hall–Kier alpha value is -3.17. The van der Waals surface area contributed by atoms with E-state index in [1.54, 1.807) is 39.2 Å². The highest BCUT2D eigenvalue weighted by molar-refractivity contribution is 7.84. The Morgan fingerprint density at radius 3 is 2.69 bits per heavy atom. The quantitative estimate of drug-likeness (QED) is 0.327. The highest BCUT2D eigenvalue weighted by Crippen LogP contribution is 2.27. The zero-order chi connectivity index (χ0) is 26.6. The first-order valence-corrected chi connectivity index (χ1v) is 13.0. The average Bonchev–Trinajstić information content (AvgIpc) is 3.24. The van der Waals surface area contributed by atoms with Crippen molar-refractivity contribution < 1.29 is 17.4 Å². The summed E-state index contributed by atoms with van der Waals surface area (Å²) < 4.78 is 48.8. The van der Waals surface area contributed by atoms with Crippen molar-refractivity contribution in [2.24, 2.45) is 4.99 Å². The summed E-state index contributed by atoms with van der Waals surface area (Å²) in [6.45, 7) is 6.96. The van der Waals surface area contributed by atoms with Crippen LogP contribution in [0.2, 0.25) is 5.02 Å². The number of aromatic nitrogens is 2. The van der Waals surface area contributed by atoms with Gasteiger partial charge in [-0.05, 0) is 49.9 Å². The van der Waals surface area contributed by atoms with E-state index in [4.69, 9.17) is 16.0 Å². The molecule has 0 N–H and O–H groups in total. The number of halogens is 3. The summed E-state index contributed by atoms with van der Waals surface area (Å²) in [6, 6.07) is 5.86. The fourth-order valence-corrected chi connectivity index (χ4v) is 4.66. The summed E-state index contributed by atoms with van der Waals surface area (Å²) in [6.07, 6.45) is 7.16. The number of rotatable bonds is 8. The lowest BCUT2D eigenvalue weighted by molar-refractivity contribution is 0.520. The number of pyridine rings is 1. The first-order valence-electron chi connectivity index (χ1n) is 11.1. The molecule has 1 aromatic carbocycles. The van der Waals surface area contributed by atoms with Gasteiger partial charge in [0.25, 0.3) is 5.56 Å². The Bertz CT molecular complexity index is 1460. The van der Waals surface area contributed by atoms with Gasteiger partial charge < -0.3 is 4.42 Å². The molecular weight excluding hydrogens is 508 g/mol. The van der Waals surface area contributed by atoms with E-state index in [9.17, 15) is 9.00 Å². The van der Waals surface area contributed by atoms with Crippen LogP contribution >= 0.6 is 11.6 Å². The van der Waals surface area contributed by atoms with E-state index in [1.807, 2.05) is 6.92 Å². The summed E-state index contributed by atoms with van der Waals surface area (Å²) in [5.41, 5.74) is 0.590. The van der Waals surface area contributed by atoms with E-state index in [-0.39, 0.29) is 27.1 Å². The molecule has 0 fully saturated rings. The molecular formula is C26H26ClF2N3O3S. The molecule has 3 aromatic rings. The largest absolute Gasteiger partial charge is 0.449 e. The first kappa shape index (κ1) is 27.4. The van der Waals surface area contributed by atoms with Crippen molar-refractivity contribution in [1.29, 1.82) is 0 Å². The van der Waals surface area contributed by atoms with Crippen molar-refractivity contribution in [3.05, 3.63) is 98.2 Å². The van der Waals surface area contributed by atoms with E-state index in [2.05, 4.69) is 9.98 Å². The maximum absolute atomic E-state index is 15.5. The van der Waals surface area contributed by atoms with E-state index >= 15 is 8.78 Å². The fraction of sp³-hybridized carbons (Fsp3) is 0.269. The SMILES string of the molecule is C/C=C/N=C(/C(F)=C/n1c(C)cc(C(C)Cc2coc(C)n2)c(Cl)c1=O)c1cccc(S(C)=O)c1F. The van der Waals surface area contributed by atoms with Crippen molar-refractivity contribution >= 4 is 34.3 Å². The molecule has 2 heterocycles. The summed E-state index contributed by atoms with van der Waals surface area (Å²) >= 11 is 6.42. The minimum absolute atomic E-state index is 0.0566. The van der Waals surface area contributed by atoms with Crippen LogP contribution in [-0.2, 0) is 17.2 Å². The molecule has 3 rings (SSSR count). The van der Waals surface area contributed by atoms with Gasteiger partial charge in [0.1, 0.15) is 22.8 Å². The molecule has 2 atom stereocenters. The Morgan fingerprint density at radius 1 is 1.36 bits per heavy atom. The van der Waals surface area contributed by atoms with Crippen LogP contribution in [0.4, 0.5) is 8.78 Å². The van der Waals surface area contributed by atoms with Crippen molar-refractivity contribution in [2.75, 3.05) is 6.26 Å². The van der Waals surface area contributed by atoms with Crippen LogP contribution in [0.5, 0.6) is 0 Å². The molecule has 6 nitrogen and oxygen atoms in total. The highest BCUT2D eigenvalue weighted by Gasteiger charge is 2.21. The molecule has 0 radical (unpaired) electrons. The summed E-state index contributed by atoms with van der Waals surface area (Å²) in [7, 11) is -1.63. The number of oxazole rings is 1. The van der Waals surface area contributed by atoms with Crippen LogP contribution in [0.1, 0.15) is 48.2 Å². The molecule has 2 aromatic heterocycles. The number of aryl methyl sites for hydroxylation is 2. The summed E-state index contributed by atoms with van der Waals surface area (Å²) in [5, 5.41) is -0.0566. The topological polar surface area (TPSA) is 77.5 Å².